The Morgan fingerprint density at radius 2 is 2.00 bits per heavy atom. The Bertz CT molecular complexity index is 346. The average molecular weight is 255 g/mol. The molecule has 17 heavy (non-hydrogen) atoms. The second kappa shape index (κ2) is 3.95. The largest absolute Gasteiger partial charge is 0.395 e. The lowest BCUT2D eigenvalue weighted by atomic mass is 9.77. The molecule has 0 aromatic carbocycles. The SMILES string of the molecule is C=CC1(C)C(CO)C(=O)N1[Si](C)(C)C(C)(C)C. The van der Waals surface area contributed by atoms with E-state index in [9.17, 15) is 9.90 Å². The lowest BCUT2D eigenvalue weighted by molar-refractivity contribution is -0.156. The molecule has 1 rings (SSSR count). The molecular weight excluding hydrogens is 230 g/mol. The van der Waals surface area contributed by atoms with E-state index in [-0.39, 0.29) is 29.0 Å². The molecule has 0 spiro atoms. The van der Waals surface area contributed by atoms with Crippen LogP contribution in [0.15, 0.2) is 12.7 Å². The van der Waals surface area contributed by atoms with Crippen molar-refractivity contribution in [2.45, 2.75) is 51.4 Å². The number of aliphatic hydroxyl groups is 1. The molecule has 98 valence electrons. The van der Waals surface area contributed by atoms with Gasteiger partial charge in [-0.3, -0.25) is 4.79 Å². The number of nitrogens with zero attached hydrogens (tertiary/aromatic N) is 1. The van der Waals surface area contributed by atoms with Crippen LogP contribution >= 0.6 is 0 Å². The fourth-order valence-electron chi connectivity index (χ4n) is 2.44. The van der Waals surface area contributed by atoms with Gasteiger partial charge in [0.2, 0.25) is 5.91 Å². The summed E-state index contributed by atoms with van der Waals surface area (Å²) < 4.78 is 2.01. The van der Waals surface area contributed by atoms with Crippen LogP contribution in [0.2, 0.25) is 18.1 Å². The normalized spacial score (nSPS) is 30.2. The Morgan fingerprint density at radius 1 is 1.53 bits per heavy atom. The third-order valence-electron chi connectivity index (χ3n) is 4.70. The highest BCUT2D eigenvalue weighted by Crippen LogP contribution is 2.49. The summed E-state index contributed by atoms with van der Waals surface area (Å²) in [5.41, 5.74) is -0.380. The van der Waals surface area contributed by atoms with Crippen LogP contribution in [0.5, 0.6) is 0 Å². The van der Waals surface area contributed by atoms with E-state index in [1.54, 1.807) is 0 Å². The topological polar surface area (TPSA) is 40.5 Å². The van der Waals surface area contributed by atoms with Gasteiger partial charge in [0.15, 0.2) is 8.24 Å². The van der Waals surface area contributed by atoms with E-state index in [2.05, 4.69) is 40.4 Å². The van der Waals surface area contributed by atoms with Gasteiger partial charge in [-0.1, -0.05) is 39.9 Å². The lowest BCUT2D eigenvalue weighted by Gasteiger charge is -2.63. The molecular formula is C13H25NO2Si. The first-order chi connectivity index (χ1) is 7.54. The molecule has 0 aliphatic carbocycles. The van der Waals surface area contributed by atoms with Crippen LogP contribution in [0.25, 0.3) is 0 Å². The Kier molecular flexibility index (Phi) is 3.36. The van der Waals surface area contributed by atoms with Crippen LogP contribution in [0.4, 0.5) is 0 Å². The minimum atomic E-state index is -1.90. The van der Waals surface area contributed by atoms with Gasteiger partial charge in [-0.25, -0.2) is 0 Å². The van der Waals surface area contributed by atoms with Gasteiger partial charge in [0.25, 0.3) is 0 Å². The quantitative estimate of drug-likeness (QED) is 0.478. The van der Waals surface area contributed by atoms with Crippen molar-refractivity contribution in [3.05, 3.63) is 12.7 Å². The monoisotopic (exact) mass is 255 g/mol. The molecule has 0 radical (unpaired) electrons. The molecule has 1 heterocycles. The Balaban J connectivity index is 3.16. The summed E-state index contributed by atoms with van der Waals surface area (Å²) in [6.45, 7) is 16.7. The second-order valence-corrected chi connectivity index (χ2v) is 11.7. The molecule has 1 aliphatic heterocycles. The number of hydrogen-bond donors (Lipinski definition) is 1. The maximum absolute atomic E-state index is 12.2. The number of aliphatic hydroxyl groups excluding tert-OH is 1. The third-order valence-corrected chi connectivity index (χ3v) is 10.2. The van der Waals surface area contributed by atoms with E-state index in [1.165, 1.54) is 0 Å². The van der Waals surface area contributed by atoms with Gasteiger partial charge in [0, 0.05) is 0 Å². The molecule has 3 nitrogen and oxygen atoms in total. The van der Waals surface area contributed by atoms with Crippen molar-refractivity contribution in [2.24, 2.45) is 5.92 Å². The first kappa shape index (κ1) is 14.4. The molecule has 4 heteroatoms. The van der Waals surface area contributed by atoms with Crippen LogP contribution in [0.3, 0.4) is 0 Å². The maximum Gasteiger partial charge on any atom is 0.223 e. The fraction of sp³-hybridized carbons (Fsp3) is 0.769. The highest BCUT2D eigenvalue weighted by atomic mass is 28.3. The van der Waals surface area contributed by atoms with Crippen molar-refractivity contribution >= 4 is 14.1 Å². The molecule has 0 aromatic heterocycles. The van der Waals surface area contributed by atoms with Crippen molar-refractivity contribution in [1.29, 1.82) is 0 Å². The molecule has 2 atom stereocenters. The van der Waals surface area contributed by atoms with Gasteiger partial charge < -0.3 is 9.67 Å². The van der Waals surface area contributed by atoms with Crippen LogP contribution in [0, 0.1) is 5.92 Å². The van der Waals surface area contributed by atoms with Gasteiger partial charge in [-0.15, -0.1) is 6.58 Å². The van der Waals surface area contributed by atoms with Gasteiger partial charge in [-0.2, -0.15) is 0 Å². The predicted molar refractivity (Wildman–Crippen MR) is 73.2 cm³/mol. The Morgan fingerprint density at radius 3 is 2.29 bits per heavy atom. The maximum atomic E-state index is 12.2. The summed E-state index contributed by atoms with van der Waals surface area (Å²) in [6.07, 6.45) is 1.82. The van der Waals surface area contributed by atoms with Crippen LogP contribution in [0.1, 0.15) is 27.7 Å². The molecule has 0 saturated carbocycles. The number of carbonyl (C=O) groups excluding carboxylic acids is 1. The highest BCUT2D eigenvalue weighted by Gasteiger charge is 2.62. The van der Waals surface area contributed by atoms with Gasteiger partial charge in [0.05, 0.1) is 18.1 Å². The minimum absolute atomic E-state index is 0.0847. The first-order valence-corrected chi connectivity index (χ1v) is 9.07. The van der Waals surface area contributed by atoms with E-state index >= 15 is 0 Å². The number of carbonyl (C=O) groups is 1. The fourth-order valence-corrected chi connectivity index (χ4v) is 5.27. The van der Waals surface area contributed by atoms with Crippen molar-refractivity contribution in [1.82, 2.24) is 4.57 Å². The number of amides is 1. The zero-order chi connectivity index (χ0) is 13.6. The molecule has 2 unspecified atom stereocenters. The Hall–Kier alpha value is -0.613. The van der Waals surface area contributed by atoms with E-state index in [0.29, 0.717) is 0 Å². The van der Waals surface area contributed by atoms with Gasteiger partial charge >= 0.3 is 0 Å². The molecule has 1 saturated heterocycles. The number of rotatable bonds is 3. The summed E-state index contributed by atoms with van der Waals surface area (Å²) in [5, 5.41) is 9.43. The molecule has 0 bridgehead atoms. The molecule has 1 N–H and O–H groups in total. The van der Waals surface area contributed by atoms with Crippen LogP contribution in [-0.4, -0.2) is 36.0 Å². The van der Waals surface area contributed by atoms with Crippen molar-refractivity contribution in [3.63, 3.8) is 0 Å². The number of β-lactam (4-membered cyclic amide) rings is 1. The van der Waals surface area contributed by atoms with E-state index in [1.807, 2.05) is 17.6 Å². The molecule has 1 aliphatic rings. The summed E-state index contributed by atoms with van der Waals surface area (Å²) in [6, 6.07) is 0. The van der Waals surface area contributed by atoms with Crippen molar-refractivity contribution in [3.8, 4) is 0 Å². The van der Waals surface area contributed by atoms with Gasteiger partial charge in [0.1, 0.15) is 0 Å². The van der Waals surface area contributed by atoms with E-state index in [0.717, 1.165) is 0 Å². The first-order valence-electron chi connectivity index (χ1n) is 6.12. The third kappa shape index (κ3) is 1.78. The molecule has 1 amide bonds. The number of hydrogen-bond acceptors (Lipinski definition) is 2. The zero-order valence-corrected chi connectivity index (χ0v) is 12.9. The van der Waals surface area contributed by atoms with Crippen molar-refractivity contribution in [2.75, 3.05) is 6.61 Å². The zero-order valence-electron chi connectivity index (χ0n) is 11.9. The van der Waals surface area contributed by atoms with Crippen LogP contribution in [-0.2, 0) is 4.79 Å². The van der Waals surface area contributed by atoms with E-state index in [4.69, 9.17) is 0 Å². The van der Waals surface area contributed by atoms with Crippen LogP contribution < -0.4 is 0 Å². The smallest absolute Gasteiger partial charge is 0.223 e. The molecule has 1 fully saturated rings. The lowest BCUT2D eigenvalue weighted by Crippen LogP contribution is -2.78. The highest BCUT2D eigenvalue weighted by molar-refractivity contribution is 6.80. The summed E-state index contributed by atoms with van der Waals surface area (Å²) in [4.78, 5) is 12.2. The average Bonchev–Trinajstić information content (AvgIpc) is 2.15. The second-order valence-electron chi connectivity index (χ2n) is 6.65. The Labute approximate surface area is 106 Å². The van der Waals surface area contributed by atoms with E-state index < -0.39 is 8.24 Å². The minimum Gasteiger partial charge on any atom is -0.395 e. The molecule has 0 aromatic rings. The summed E-state index contributed by atoms with van der Waals surface area (Å²) in [7, 11) is -1.90. The summed E-state index contributed by atoms with van der Waals surface area (Å²) >= 11 is 0. The predicted octanol–water partition coefficient (Wildman–Crippen LogP) is 2.39. The van der Waals surface area contributed by atoms with Gasteiger partial charge in [-0.05, 0) is 12.0 Å². The summed E-state index contributed by atoms with van der Waals surface area (Å²) in [5.74, 6) is -0.226. The van der Waals surface area contributed by atoms with Crippen molar-refractivity contribution < 1.29 is 9.90 Å². The standard InChI is InChI=1S/C13H25NO2Si/c1-8-13(5)10(9-15)11(16)14(13)17(6,7)12(2,3)4/h8,10,15H,1,9H2,2-7H3.